The highest BCUT2D eigenvalue weighted by Gasteiger charge is 2.21. The molecule has 0 aliphatic heterocycles. The lowest BCUT2D eigenvalue weighted by atomic mass is 10.2. The van der Waals surface area contributed by atoms with Gasteiger partial charge in [-0.15, -0.1) is 0 Å². The third-order valence-corrected chi connectivity index (χ3v) is 3.39. The largest absolute Gasteiger partial charge is 0.335 e. The number of sulfonamides is 1. The summed E-state index contributed by atoms with van der Waals surface area (Å²) >= 11 is 0. The number of aromatic amines is 1. The highest BCUT2D eigenvalue weighted by atomic mass is 32.2. The van der Waals surface area contributed by atoms with Gasteiger partial charge in [-0.1, -0.05) is 6.92 Å². The number of carbonyl (C=O) groups excluding carboxylic acids is 1. The Bertz CT molecular complexity index is 424. The Morgan fingerprint density at radius 2 is 2.33 bits per heavy atom. The van der Waals surface area contributed by atoms with E-state index in [1.54, 1.807) is 6.92 Å². The van der Waals surface area contributed by atoms with Crippen molar-refractivity contribution in [2.24, 2.45) is 0 Å². The Labute approximate surface area is 88.2 Å². The molecule has 84 valence electrons. The van der Waals surface area contributed by atoms with E-state index >= 15 is 0 Å². The molecule has 0 radical (unpaired) electrons. The third-order valence-electron chi connectivity index (χ3n) is 1.93. The second kappa shape index (κ2) is 4.54. The molecule has 1 aromatic heterocycles. The van der Waals surface area contributed by atoms with Crippen LogP contribution in [0, 0.1) is 0 Å². The molecule has 0 spiro atoms. The molecule has 0 saturated carbocycles. The van der Waals surface area contributed by atoms with Gasteiger partial charge >= 0.3 is 0 Å². The van der Waals surface area contributed by atoms with E-state index in [0.717, 1.165) is 0 Å². The highest BCUT2D eigenvalue weighted by molar-refractivity contribution is 7.89. The molecule has 0 saturated heterocycles. The monoisotopic (exact) mass is 231 g/mol. The average Bonchev–Trinajstić information content (AvgIpc) is 2.69. The number of nitrogens with zero attached hydrogens (tertiary/aromatic N) is 1. The lowest BCUT2D eigenvalue weighted by molar-refractivity contribution is -0.119. The fourth-order valence-corrected chi connectivity index (χ4v) is 2.19. The van der Waals surface area contributed by atoms with Crippen LogP contribution >= 0.6 is 0 Å². The highest BCUT2D eigenvalue weighted by Crippen LogP contribution is 2.04. The first-order chi connectivity index (χ1) is 6.97. The fraction of sp³-hybridized carbons (Fsp3) is 0.500. The number of H-pyrrole nitrogens is 1. The SMILES string of the molecule is CCC(=O)C(C)NS(=O)(=O)c1cnc[nH]1. The maximum absolute atomic E-state index is 11.6. The first-order valence-electron chi connectivity index (χ1n) is 4.50. The molecule has 1 aromatic rings. The van der Waals surface area contributed by atoms with Crippen LogP contribution in [0.25, 0.3) is 0 Å². The van der Waals surface area contributed by atoms with Crippen molar-refractivity contribution in [3.8, 4) is 0 Å². The molecule has 2 N–H and O–H groups in total. The zero-order chi connectivity index (χ0) is 11.5. The van der Waals surface area contributed by atoms with Gasteiger partial charge in [0.25, 0.3) is 10.0 Å². The summed E-state index contributed by atoms with van der Waals surface area (Å²) in [4.78, 5) is 17.3. The van der Waals surface area contributed by atoms with E-state index in [0.29, 0.717) is 6.42 Å². The van der Waals surface area contributed by atoms with Gasteiger partial charge in [0.15, 0.2) is 5.03 Å². The zero-order valence-corrected chi connectivity index (χ0v) is 9.34. The number of hydrogen-bond donors (Lipinski definition) is 2. The van der Waals surface area contributed by atoms with Crippen LogP contribution in [0.3, 0.4) is 0 Å². The van der Waals surface area contributed by atoms with Crippen molar-refractivity contribution >= 4 is 15.8 Å². The average molecular weight is 231 g/mol. The number of Topliss-reactive ketones (excluding diaryl/α,β-unsaturated/α-hetero) is 1. The van der Waals surface area contributed by atoms with Crippen molar-refractivity contribution in [1.82, 2.24) is 14.7 Å². The van der Waals surface area contributed by atoms with Crippen LogP contribution in [0.1, 0.15) is 20.3 Å². The van der Waals surface area contributed by atoms with E-state index < -0.39 is 16.1 Å². The first-order valence-corrected chi connectivity index (χ1v) is 5.99. The van der Waals surface area contributed by atoms with Crippen molar-refractivity contribution < 1.29 is 13.2 Å². The summed E-state index contributed by atoms with van der Waals surface area (Å²) in [6.07, 6.45) is 2.75. The number of ketones is 1. The molecule has 1 rings (SSSR count). The van der Waals surface area contributed by atoms with Gasteiger partial charge < -0.3 is 4.98 Å². The minimum atomic E-state index is -3.66. The molecule has 0 bridgehead atoms. The summed E-state index contributed by atoms with van der Waals surface area (Å²) in [6.45, 7) is 3.20. The summed E-state index contributed by atoms with van der Waals surface area (Å²) in [7, 11) is -3.66. The van der Waals surface area contributed by atoms with Gasteiger partial charge in [-0.3, -0.25) is 4.79 Å². The number of rotatable bonds is 5. The topological polar surface area (TPSA) is 91.9 Å². The van der Waals surface area contributed by atoms with Gasteiger partial charge in [0.2, 0.25) is 0 Å². The summed E-state index contributed by atoms with van der Waals surface area (Å²) in [6, 6.07) is -0.719. The van der Waals surface area contributed by atoms with Gasteiger partial charge in [-0.05, 0) is 6.92 Å². The maximum atomic E-state index is 11.6. The molecule has 7 heteroatoms. The summed E-state index contributed by atoms with van der Waals surface area (Å²) < 4.78 is 25.4. The van der Waals surface area contributed by atoms with Gasteiger partial charge in [0.1, 0.15) is 5.78 Å². The van der Waals surface area contributed by atoms with Crippen molar-refractivity contribution in [3.63, 3.8) is 0 Å². The molecule has 15 heavy (non-hydrogen) atoms. The molecule has 0 aliphatic rings. The molecule has 1 heterocycles. The van der Waals surface area contributed by atoms with Crippen LogP contribution in [0.5, 0.6) is 0 Å². The molecular formula is C8H13N3O3S. The van der Waals surface area contributed by atoms with E-state index in [9.17, 15) is 13.2 Å². The van der Waals surface area contributed by atoms with Crippen molar-refractivity contribution in [2.75, 3.05) is 0 Å². The van der Waals surface area contributed by atoms with Gasteiger partial charge in [-0.25, -0.2) is 13.4 Å². The first kappa shape index (κ1) is 11.9. The number of nitrogens with one attached hydrogen (secondary N) is 2. The van der Waals surface area contributed by atoms with Gasteiger partial charge in [0, 0.05) is 6.42 Å². The van der Waals surface area contributed by atoms with Crippen LogP contribution in [-0.4, -0.2) is 30.2 Å². The number of aromatic nitrogens is 2. The smallest absolute Gasteiger partial charge is 0.258 e. The minimum absolute atomic E-state index is 0.0433. The standard InChI is InChI=1S/C8H13N3O3S/c1-3-7(12)6(2)11-15(13,14)8-4-9-5-10-8/h4-6,11H,3H2,1-2H3,(H,9,10). The van der Waals surface area contributed by atoms with E-state index in [4.69, 9.17) is 0 Å². The Kier molecular flexibility index (Phi) is 3.59. The molecule has 0 aliphatic carbocycles. The Hall–Kier alpha value is -1.21. The van der Waals surface area contributed by atoms with E-state index in [1.165, 1.54) is 19.4 Å². The van der Waals surface area contributed by atoms with E-state index in [2.05, 4.69) is 14.7 Å². The second-order valence-corrected chi connectivity index (χ2v) is 4.76. The fourth-order valence-electron chi connectivity index (χ4n) is 1.06. The van der Waals surface area contributed by atoms with E-state index in [1.807, 2.05) is 0 Å². The number of imidazole rings is 1. The lowest BCUT2D eigenvalue weighted by Gasteiger charge is -2.10. The molecule has 0 amide bonds. The van der Waals surface area contributed by atoms with Gasteiger partial charge in [-0.2, -0.15) is 4.72 Å². The van der Waals surface area contributed by atoms with Crippen LogP contribution in [0.2, 0.25) is 0 Å². The predicted molar refractivity (Wildman–Crippen MR) is 53.7 cm³/mol. The second-order valence-electron chi connectivity index (χ2n) is 3.08. The molecule has 1 unspecified atom stereocenters. The van der Waals surface area contributed by atoms with Crippen molar-refractivity contribution in [1.29, 1.82) is 0 Å². The third kappa shape index (κ3) is 2.87. The summed E-state index contributed by atoms with van der Waals surface area (Å²) in [5.41, 5.74) is 0. The summed E-state index contributed by atoms with van der Waals surface area (Å²) in [5, 5.41) is -0.0433. The van der Waals surface area contributed by atoms with Crippen molar-refractivity contribution in [3.05, 3.63) is 12.5 Å². The van der Waals surface area contributed by atoms with Crippen LogP contribution in [-0.2, 0) is 14.8 Å². The lowest BCUT2D eigenvalue weighted by Crippen LogP contribution is -2.38. The molecular weight excluding hydrogens is 218 g/mol. The zero-order valence-electron chi connectivity index (χ0n) is 8.52. The quantitative estimate of drug-likeness (QED) is 0.749. The van der Waals surface area contributed by atoms with Crippen LogP contribution < -0.4 is 4.72 Å². The summed E-state index contributed by atoms with van der Waals surface area (Å²) in [5.74, 6) is -0.155. The Morgan fingerprint density at radius 3 is 2.80 bits per heavy atom. The maximum Gasteiger partial charge on any atom is 0.258 e. The van der Waals surface area contributed by atoms with E-state index in [-0.39, 0.29) is 10.8 Å². The minimum Gasteiger partial charge on any atom is -0.335 e. The predicted octanol–water partition coefficient (Wildman–Crippen LogP) is 0.0556. The van der Waals surface area contributed by atoms with Crippen LogP contribution in [0.15, 0.2) is 17.6 Å². The normalized spacial score (nSPS) is 13.7. The van der Waals surface area contributed by atoms with Gasteiger partial charge in [0.05, 0.1) is 18.6 Å². The molecule has 0 fully saturated rings. The molecule has 0 aromatic carbocycles. The Morgan fingerprint density at radius 1 is 1.67 bits per heavy atom. The number of carbonyl (C=O) groups is 1. The molecule has 6 nitrogen and oxygen atoms in total. The number of hydrogen-bond acceptors (Lipinski definition) is 4. The molecule has 1 atom stereocenters. The van der Waals surface area contributed by atoms with Crippen molar-refractivity contribution in [2.45, 2.75) is 31.3 Å². The van der Waals surface area contributed by atoms with Crippen LogP contribution in [0.4, 0.5) is 0 Å². The Balaban J connectivity index is 2.78.